The van der Waals surface area contributed by atoms with Crippen molar-refractivity contribution in [3.8, 4) is 0 Å². The minimum Gasteiger partial charge on any atom is -0.476 e. The number of hydrogen-bond donors (Lipinski definition) is 2. The Labute approximate surface area is 126 Å². The van der Waals surface area contributed by atoms with Gasteiger partial charge in [0.1, 0.15) is 5.82 Å². The van der Waals surface area contributed by atoms with E-state index in [1.165, 1.54) is 29.1 Å². The van der Waals surface area contributed by atoms with Crippen molar-refractivity contribution in [2.75, 3.05) is 6.54 Å². The third kappa shape index (κ3) is 3.85. The van der Waals surface area contributed by atoms with E-state index in [0.29, 0.717) is 4.47 Å². The first-order valence-electron chi connectivity index (χ1n) is 5.84. The number of amides is 1. The molecule has 0 saturated carbocycles. The number of nitrogens with zero attached hydrogens (tertiary/aromatic N) is 3. The number of rotatable bonds is 5. The molecule has 2 N–H and O–H groups in total. The summed E-state index contributed by atoms with van der Waals surface area (Å²) >= 11 is 3.16. The number of aromatic nitrogens is 3. The number of benzene rings is 1. The van der Waals surface area contributed by atoms with Gasteiger partial charge in [-0.3, -0.25) is 4.79 Å². The highest BCUT2D eigenvalue weighted by Crippen LogP contribution is 2.15. The van der Waals surface area contributed by atoms with Crippen LogP contribution in [0.25, 0.3) is 0 Å². The number of aromatic carboxylic acids is 1. The van der Waals surface area contributed by atoms with Crippen LogP contribution >= 0.6 is 15.9 Å². The van der Waals surface area contributed by atoms with Gasteiger partial charge in [0.05, 0.1) is 18.3 Å². The molecule has 0 bridgehead atoms. The second-order valence-electron chi connectivity index (χ2n) is 4.05. The van der Waals surface area contributed by atoms with E-state index in [2.05, 4.69) is 31.6 Å². The molecule has 1 amide bonds. The van der Waals surface area contributed by atoms with Gasteiger partial charge in [0.2, 0.25) is 0 Å². The van der Waals surface area contributed by atoms with E-state index in [1.54, 1.807) is 0 Å². The van der Waals surface area contributed by atoms with E-state index in [0.717, 1.165) is 0 Å². The number of carboxylic acids is 1. The first-order valence-corrected chi connectivity index (χ1v) is 6.63. The number of carboxylic acid groups (broad SMARTS) is 1. The van der Waals surface area contributed by atoms with Gasteiger partial charge in [0.25, 0.3) is 5.91 Å². The van der Waals surface area contributed by atoms with E-state index in [4.69, 9.17) is 5.11 Å². The molecule has 0 atom stereocenters. The van der Waals surface area contributed by atoms with E-state index in [9.17, 15) is 14.0 Å². The highest BCUT2D eigenvalue weighted by atomic mass is 79.9. The molecule has 0 spiro atoms. The number of carbonyl (C=O) groups is 2. The minimum absolute atomic E-state index is 0.0748. The predicted molar refractivity (Wildman–Crippen MR) is 73.4 cm³/mol. The fourth-order valence-corrected chi connectivity index (χ4v) is 1.92. The summed E-state index contributed by atoms with van der Waals surface area (Å²) in [4.78, 5) is 22.4. The smallest absolute Gasteiger partial charge is 0.358 e. The van der Waals surface area contributed by atoms with Crippen molar-refractivity contribution in [2.24, 2.45) is 0 Å². The lowest BCUT2D eigenvalue weighted by Gasteiger charge is -2.06. The summed E-state index contributed by atoms with van der Waals surface area (Å²) in [6.45, 7) is 0.384. The number of halogens is 2. The SMILES string of the molecule is O=C(O)c1cn(CCNC(=O)c2cc(Br)ccc2F)nn1. The Morgan fingerprint density at radius 1 is 1.43 bits per heavy atom. The quantitative estimate of drug-likeness (QED) is 0.841. The van der Waals surface area contributed by atoms with Gasteiger partial charge in [0, 0.05) is 11.0 Å². The molecule has 0 aliphatic rings. The topological polar surface area (TPSA) is 97.1 Å². The summed E-state index contributed by atoms with van der Waals surface area (Å²) < 4.78 is 15.4. The normalized spacial score (nSPS) is 10.4. The monoisotopic (exact) mass is 356 g/mol. The molecular formula is C12H10BrFN4O3. The third-order valence-electron chi connectivity index (χ3n) is 2.56. The lowest BCUT2D eigenvalue weighted by Crippen LogP contribution is -2.28. The highest BCUT2D eigenvalue weighted by Gasteiger charge is 2.12. The average molecular weight is 357 g/mol. The van der Waals surface area contributed by atoms with Crippen LogP contribution in [-0.4, -0.2) is 38.5 Å². The van der Waals surface area contributed by atoms with Gasteiger partial charge < -0.3 is 10.4 Å². The fourth-order valence-electron chi connectivity index (χ4n) is 1.56. The molecule has 0 unspecified atom stereocenters. The first-order chi connectivity index (χ1) is 9.97. The van der Waals surface area contributed by atoms with Crippen molar-refractivity contribution in [1.29, 1.82) is 0 Å². The Kier molecular flexibility index (Phi) is 4.63. The molecule has 1 heterocycles. The molecule has 2 rings (SSSR count). The van der Waals surface area contributed by atoms with Crippen molar-refractivity contribution < 1.29 is 19.1 Å². The summed E-state index contributed by atoms with van der Waals surface area (Å²) in [5.41, 5.74) is -0.256. The van der Waals surface area contributed by atoms with E-state index in [-0.39, 0.29) is 24.3 Å². The van der Waals surface area contributed by atoms with E-state index in [1.807, 2.05) is 0 Å². The van der Waals surface area contributed by atoms with Crippen LogP contribution in [0.5, 0.6) is 0 Å². The third-order valence-corrected chi connectivity index (χ3v) is 3.05. The zero-order valence-electron chi connectivity index (χ0n) is 10.6. The zero-order valence-corrected chi connectivity index (χ0v) is 12.2. The van der Waals surface area contributed by atoms with Crippen LogP contribution in [0.3, 0.4) is 0 Å². The van der Waals surface area contributed by atoms with Crippen molar-refractivity contribution >= 4 is 27.8 Å². The average Bonchev–Trinajstić information content (AvgIpc) is 2.90. The van der Waals surface area contributed by atoms with Crippen LogP contribution in [0.2, 0.25) is 0 Å². The van der Waals surface area contributed by atoms with E-state index >= 15 is 0 Å². The Morgan fingerprint density at radius 2 is 2.19 bits per heavy atom. The van der Waals surface area contributed by atoms with Crippen LogP contribution in [0.4, 0.5) is 4.39 Å². The van der Waals surface area contributed by atoms with Gasteiger partial charge in [-0.25, -0.2) is 13.9 Å². The second-order valence-corrected chi connectivity index (χ2v) is 4.97. The van der Waals surface area contributed by atoms with Gasteiger partial charge >= 0.3 is 5.97 Å². The molecule has 21 heavy (non-hydrogen) atoms. The number of hydrogen-bond acceptors (Lipinski definition) is 4. The maximum absolute atomic E-state index is 13.5. The Bertz CT molecular complexity index is 689. The number of carbonyl (C=O) groups excluding carboxylic acids is 1. The molecular weight excluding hydrogens is 347 g/mol. The lowest BCUT2D eigenvalue weighted by molar-refractivity contribution is 0.0690. The largest absolute Gasteiger partial charge is 0.476 e. The zero-order chi connectivity index (χ0) is 15.4. The molecule has 0 aliphatic carbocycles. The molecule has 0 radical (unpaired) electrons. The second kappa shape index (κ2) is 6.44. The van der Waals surface area contributed by atoms with Gasteiger partial charge in [-0.05, 0) is 18.2 Å². The van der Waals surface area contributed by atoms with Crippen LogP contribution in [-0.2, 0) is 6.54 Å². The Hall–Kier alpha value is -2.29. The summed E-state index contributed by atoms with van der Waals surface area (Å²) in [6.07, 6.45) is 1.24. The van der Waals surface area contributed by atoms with Crippen molar-refractivity contribution in [3.63, 3.8) is 0 Å². The standard InChI is InChI=1S/C12H10BrFN4O3/c13-7-1-2-9(14)8(5-7)11(19)15-3-4-18-6-10(12(20)21)16-17-18/h1-2,5-6H,3-4H2,(H,15,19)(H,20,21). The molecule has 9 heteroatoms. The van der Waals surface area contributed by atoms with Crippen LogP contribution < -0.4 is 5.32 Å². The van der Waals surface area contributed by atoms with Crippen LogP contribution in [0, 0.1) is 5.82 Å². The molecule has 1 aromatic carbocycles. The minimum atomic E-state index is -1.18. The van der Waals surface area contributed by atoms with Gasteiger partial charge in [0.15, 0.2) is 5.69 Å². The molecule has 0 saturated heterocycles. The first kappa shape index (κ1) is 15.1. The molecule has 0 aliphatic heterocycles. The highest BCUT2D eigenvalue weighted by molar-refractivity contribution is 9.10. The summed E-state index contributed by atoms with van der Waals surface area (Å²) in [6, 6.07) is 4.06. The fraction of sp³-hybridized carbons (Fsp3) is 0.167. The van der Waals surface area contributed by atoms with Crippen molar-refractivity contribution in [3.05, 3.63) is 45.9 Å². The molecule has 7 nitrogen and oxygen atoms in total. The number of nitrogens with one attached hydrogen (secondary N) is 1. The molecule has 110 valence electrons. The molecule has 0 fully saturated rings. The van der Waals surface area contributed by atoms with Crippen LogP contribution in [0.1, 0.15) is 20.8 Å². The summed E-state index contributed by atoms with van der Waals surface area (Å²) in [7, 11) is 0. The predicted octanol–water partition coefficient (Wildman–Crippen LogP) is 1.31. The van der Waals surface area contributed by atoms with Gasteiger partial charge in [-0.2, -0.15) is 0 Å². The molecule has 1 aromatic heterocycles. The van der Waals surface area contributed by atoms with Crippen LogP contribution in [0.15, 0.2) is 28.9 Å². The van der Waals surface area contributed by atoms with Gasteiger partial charge in [-0.15, -0.1) is 5.10 Å². The molecule has 2 aromatic rings. The van der Waals surface area contributed by atoms with Crippen molar-refractivity contribution in [2.45, 2.75) is 6.54 Å². The Morgan fingerprint density at radius 3 is 2.86 bits per heavy atom. The van der Waals surface area contributed by atoms with Crippen molar-refractivity contribution in [1.82, 2.24) is 20.3 Å². The maximum atomic E-state index is 13.5. The summed E-state index contributed by atoms with van der Waals surface area (Å²) in [5, 5.41) is 18.2. The van der Waals surface area contributed by atoms with Gasteiger partial charge in [-0.1, -0.05) is 21.1 Å². The maximum Gasteiger partial charge on any atom is 0.358 e. The summed E-state index contributed by atoms with van der Waals surface area (Å²) in [5.74, 6) is -2.36. The Balaban J connectivity index is 1.92. The van der Waals surface area contributed by atoms with E-state index < -0.39 is 17.7 Å². The lowest BCUT2D eigenvalue weighted by atomic mass is 10.2.